The summed E-state index contributed by atoms with van der Waals surface area (Å²) in [6, 6.07) is 9.19. The zero-order chi connectivity index (χ0) is 22.2. The quantitative estimate of drug-likeness (QED) is 0.604. The van der Waals surface area contributed by atoms with E-state index in [0.717, 1.165) is 35.2 Å². The van der Waals surface area contributed by atoms with Crippen molar-refractivity contribution in [2.24, 2.45) is 0 Å². The van der Waals surface area contributed by atoms with Crippen molar-refractivity contribution in [3.8, 4) is 23.8 Å². The lowest BCUT2D eigenvalue weighted by Crippen LogP contribution is -2.41. The second-order valence-corrected chi connectivity index (χ2v) is 9.52. The molecule has 31 heavy (non-hydrogen) atoms. The van der Waals surface area contributed by atoms with Crippen LogP contribution in [0.3, 0.4) is 0 Å². The van der Waals surface area contributed by atoms with E-state index in [0.29, 0.717) is 23.9 Å². The molecule has 2 aromatic carbocycles. The molecule has 0 radical (unpaired) electrons. The summed E-state index contributed by atoms with van der Waals surface area (Å²) < 4.78 is 5.92. The number of fused-ring (bicyclic) bond motifs is 1. The Kier molecular flexibility index (Phi) is 5.58. The first-order valence-corrected chi connectivity index (χ1v) is 11.0. The number of terminal acetylenes is 1. The highest BCUT2D eigenvalue weighted by molar-refractivity contribution is 5.96. The zero-order valence-corrected chi connectivity index (χ0v) is 18.4. The van der Waals surface area contributed by atoms with Crippen LogP contribution in [0.2, 0.25) is 0 Å². The Morgan fingerprint density at radius 2 is 1.97 bits per heavy atom. The van der Waals surface area contributed by atoms with Gasteiger partial charge in [0.25, 0.3) is 5.91 Å². The highest BCUT2D eigenvalue weighted by atomic mass is 16.5. The number of aromatic hydroxyl groups is 1. The van der Waals surface area contributed by atoms with E-state index in [1.165, 1.54) is 12.8 Å². The van der Waals surface area contributed by atoms with Gasteiger partial charge in [0.15, 0.2) is 6.10 Å². The summed E-state index contributed by atoms with van der Waals surface area (Å²) in [5, 5.41) is 17.0. The van der Waals surface area contributed by atoms with Crippen LogP contribution in [0.1, 0.15) is 69.1 Å². The van der Waals surface area contributed by atoms with Crippen molar-refractivity contribution < 1.29 is 14.6 Å². The second-order valence-electron chi connectivity index (χ2n) is 9.52. The average Bonchev–Trinajstić information content (AvgIpc) is 3.26. The summed E-state index contributed by atoms with van der Waals surface area (Å²) in [5.41, 5.74) is 4.00. The minimum Gasteiger partial charge on any atom is -0.508 e. The van der Waals surface area contributed by atoms with Crippen molar-refractivity contribution >= 4 is 17.3 Å². The zero-order valence-electron chi connectivity index (χ0n) is 18.4. The van der Waals surface area contributed by atoms with Gasteiger partial charge in [0.1, 0.15) is 11.5 Å². The molecular formula is C26H30N2O3. The van der Waals surface area contributed by atoms with Crippen LogP contribution >= 0.6 is 0 Å². The van der Waals surface area contributed by atoms with E-state index in [-0.39, 0.29) is 17.1 Å². The van der Waals surface area contributed by atoms with E-state index < -0.39 is 6.10 Å². The lowest BCUT2D eigenvalue weighted by Gasteiger charge is -2.29. The molecule has 1 saturated carbocycles. The first-order chi connectivity index (χ1) is 14.8. The van der Waals surface area contributed by atoms with Gasteiger partial charge < -0.3 is 20.5 Å². The smallest absolute Gasteiger partial charge is 0.267 e. The number of hydrogen-bond donors (Lipinski definition) is 3. The van der Waals surface area contributed by atoms with Crippen molar-refractivity contribution in [1.29, 1.82) is 0 Å². The standard InChI is InChI=1S/C26H30N2O3/c1-5-16-10-11-23-21(12-16)27-15-24(31-23)25(30)28-20-14-22(29)18(17-8-6-7-9-17)13-19(20)26(2,3)4/h1,10-14,17,24,27,29H,6-9,15H2,2-4H3,(H,28,30). The van der Waals surface area contributed by atoms with Crippen LogP contribution in [0.4, 0.5) is 11.4 Å². The molecule has 2 aromatic rings. The van der Waals surface area contributed by atoms with Gasteiger partial charge in [-0.05, 0) is 59.6 Å². The van der Waals surface area contributed by atoms with Crippen LogP contribution in [-0.2, 0) is 10.2 Å². The summed E-state index contributed by atoms with van der Waals surface area (Å²) >= 11 is 0. The molecule has 0 aromatic heterocycles. The first-order valence-electron chi connectivity index (χ1n) is 11.0. The van der Waals surface area contributed by atoms with E-state index in [4.69, 9.17) is 11.2 Å². The maximum absolute atomic E-state index is 13.0. The fourth-order valence-electron chi connectivity index (χ4n) is 4.51. The normalized spacial score (nSPS) is 18.5. The van der Waals surface area contributed by atoms with Crippen LogP contribution in [0.25, 0.3) is 0 Å². The SMILES string of the molecule is C#Cc1ccc2c(c1)NCC(C(=O)Nc1cc(O)c(C3CCCC3)cc1C(C)(C)C)O2. The number of ether oxygens (including phenoxy) is 1. The minimum atomic E-state index is -0.686. The maximum atomic E-state index is 13.0. The molecule has 0 spiro atoms. The summed E-state index contributed by atoms with van der Waals surface area (Å²) in [7, 11) is 0. The lowest BCUT2D eigenvalue weighted by atomic mass is 9.82. The summed E-state index contributed by atoms with van der Waals surface area (Å²) in [6.45, 7) is 6.69. The first kappa shape index (κ1) is 21.1. The average molecular weight is 419 g/mol. The predicted molar refractivity (Wildman–Crippen MR) is 124 cm³/mol. The van der Waals surface area contributed by atoms with Gasteiger partial charge in [0.05, 0.1) is 12.2 Å². The van der Waals surface area contributed by atoms with Crippen LogP contribution in [0.15, 0.2) is 30.3 Å². The Morgan fingerprint density at radius 3 is 2.65 bits per heavy atom. The van der Waals surface area contributed by atoms with Crippen molar-refractivity contribution in [3.63, 3.8) is 0 Å². The number of carbonyl (C=O) groups excluding carboxylic acids is 1. The number of hydrogen-bond acceptors (Lipinski definition) is 4. The molecule has 4 rings (SSSR count). The molecular weight excluding hydrogens is 388 g/mol. The molecule has 1 unspecified atom stereocenters. The predicted octanol–water partition coefficient (Wildman–Crippen LogP) is 5.14. The van der Waals surface area contributed by atoms with E-state index >= 15 is 0 Å². The molecule has 1 amide bonds. The third-order valence-corrected chi connectivity index (χ3v) is 6.21. The summed E-state index contributed by atoms with van der Waals surface area (Å²) in [5.74, 6) is 3.59. The lowest BCUT2D eigenvalue weighted by molar-refractivity contribution is -0.122. The Morgan fingerprint density at radius 1 is 1.23 bits per heavy atom. The molecule has 1 heterocycles. The van der Waals surface area contributed by atoms with Crippen LogP contribution in [-0.4, -0.2) is 23.7 Å². The Balaban J connectivity index is 1.57. The highest BCUT2D eigenvalue weighted by Gasteiger charge is 2.30. The molecule has 1 aliphatic carbocycles. The molecule has 1 aliphatic heterocycles. The minimum absolute atomic E-state index is 0.187. The molecule has 5 nitrogen and oxygen atoms in total. The van der Waals surface area contributed by atoms with Crippen molar-refractivity contribution in [3.05, 3.63) is 47.0 Å². The van der Waals surface area contributed by atoms with E-state index in [1.54, 1.807) is 18.2 Å². The molecule has 162 valence electrons. The number of anilines is 2. The Hall–Kier alpha value is -3.13. The number of amides is 1. The van der Waals surface area contributed by atoms with Crippen LogP contribution in [0, 0.1) is 12.3 Å². The van der Waals surface area contributed by atoms with Gasteiger partial charge >= 0.3 is 0 Å². The largest absolute Gasteiger partial charge is 0.508 e. The monoisotopic (exact) mass is 418 g/mol. The topological polar surface area (TPSA) is 70.6 Å². The molecule has 0 saturated heterocycles. The molecule has 1 atom stereocenters. The molecule has 5 heteroatoms. The van der Waals surface area contributed by atoms with Crippen molar-refractivity contribution in [2.75, 3.05) is 17.2 Å². The van der Waals surface area contributed by atoms with Gasteiger partial charge in [0.2, 0.25) is 0 Å². The Bertz CT molecular complexity index is 1040. The van der Waals surface area contributed by atoms with Gasteiger partial charge in [-0.2, -0.15) is 0 Å². The van der Waals surface area contributed by atoms with Crippen LogP contribution in [0.5, 0.6) is 11.5 Å². The van der Waals surface area contributed by atoms with Crippen molar-refractivity contribution in [2.45, 2.75) is 63.9 Å². The number of nitrogens with one attached hydrogen (secondary N) is 2. The second kappa shape index (κ2) is 8.19. The number of phenols is 1. The number of rotatable bonds is 3. The van der Waals surface area contributed by atoms with Gasteiger partial charge in [-0.15, -0.1) is 6.42 Å². The molecule has 0 bridgehead atoms. The van der Waals surface area contributed by atoms with E-state index in [1.807, 2.05) is 6.07 Å². The van der Waals surface area contributed by atoms with Crippen LogP contribution < -0.4 is 15.4 Å². The number of phenolic OH excluding ortho intramolecular Hbond substituents is 1. The summed E-state index contributed by atoms with van der Waals surface area (Å²) in [4.78, 5) is 13.0. The van der Waals surface area contributed by atoms with Gasteiger partial charge in [-0.3, -0.25) is 4.79 Å². The van der Waals surface area contributed by atoms with Gasteiger partial charge in [0, 0.05) is 17.3 Å². The maximum Gasteiger partial charge on any atom is 0.267 e. The third-order valence-electron chi connectivity index (χ3n) is 6.21. The van der Waals surface area contributed by atoms with Gasteiger partial charge in [-0.1, -0.05) is 39.5 Å². The highest BCUT2D eigenvalue weighted by Crippen LogP contribution is 2.43. The summed E-state index contributed by atoms with van der Waals surface area (Å²) in [6.07, 6.45) is 9.37. The van der Waals surface area contributed by atoms with E-state index in [2.05, 4.69) is 43.4 Å². The van der Waals surface area contributed by atoms with E-state index in [9.17, 15) is 9.90 Å². The molecule has 3 N–H and O–H groups in total. The molecule has 1 fully saturated rings. The third kappa shape index (κ3) is 4.34. The number of carbonyl (C=O) groups is 1. The number of benzene rings is 2. The Labute approximate surface area is 184 Å². The molecule has 2 aliphatic rings. The van der Waals surface area contributed by atoms with Gasteiger partial charge in [-0.25, -0.2) is 0 Å². The fourth-order valence-corrected chi connectivity index (χ4v) is 4.51. The fraction of sp³-hybridized carbons (Fsp3) is 0.423. The van der Waals surface area contributed by atoms with Crippen molar-refractivity contribution in [1.82, 2.24) is 0 Å².